The van der Waals surface area contributed by atoms with Gasteiger partial charge in [0.2, 0.25) is 0 Å². The highest BCUT2D eigenvalue weighted by atomic mass is 19.1. The van der Waals surface area contributed by atoms with Crippen molar-refractivity contribution in [2.75, 3.05) is 14.2 Å². The number of carbonyl (C=O) groups excluding carboxylic acids is 1. The summed E-state index contributed by atoms with van der Waals surface area (Å²) in [6, 6.07) is 4.94. The molecule has 0 heterocycles. The molecule has 0 N–H and O–H groups in total. The van der Waals surface area contributed by atoms with Crippen LogP contribution in [-0.4, -0.2) is 20.2 Å². The molecule has 3 aliphatic carbocycles. The van der Waals surface area contributed by atoms with E-state index in [1.807, 2.05) is 6.07 Å². The zero-order valence-electron chi connectivity index (χ0n) is 14.1. The van der Waals surface area contributed by atoms with Crippen LogP contribution in [0.2, 0.25) is 0 Å². The number of ether oxygens (including phenoxy) is 2. The minimum Gasteiger partial charge on any atom is -0.466 e. The minimum atomic E-state index is -0.350. The van der Waals surface area contributed by atoms with Crippen LogP contribution in [0.3, 0.4) is 0 Å². The summed E-state index contributed by atoms with van der Waals surface area (Å²) in [6.07, 6.45) is 7.10. The molecular formula is C20H21FO3. The first-order valence-electron chi connectivity index (χ1n) is 8.35. The van der Waals surface area contributed by atoms with E-state index in [9.17, 15) is 9.18 Å². The smallest absolute Gasteiger partial charge is 0.334 e. The Kier molecular flexibility index (Phi) is 3.43. The topological polar surface area (TPSA) is 35.5 Å². The zero-order chi connectivity index (χ0) is 17.1. The van der Waals surface area contributed by atoms with Crippen LogP contribution in [0, 0.1) is 23.6 Å². The first kappa shape index (κ1) is 15.6. The van der Waals surface area contributed by atoms with Gasteiger partial charge in [-0.1, -0.05) is 31.2 Å². The van der Waals surface area contributed by atoms with Crippen LogP contribution in [0.5, 0.6) is 0 Å². The fourth-order valence-electron chi connectivity index (χ4n) is 5.09. The predicted octanol–water partition coefficient (Wildman–Crippen LogP) is 3.71. The molecule has 3 nitrogen and oxygen atoms in total. The van der Waals surface area contributed by atoms with E-state index in [1.165, 1.54) is 13.2 Å². The van der Waals surface area contributed by atoms with Gasteiger partial charge >= 0.3 is 5.97 Å². The standard InChI is InChI=1S/C20H21FO3/c1-11-18(23-2)15-9-14(21)6-7-17(15)20(11)10-16(19(22)24-3)12-4-5-13(20)8-12/h4-7,9-13,18H,8H2,1-3H3/t11-,12-,13+,18-,20-/m0/s1. The highest BCUT2D eigenvalue weighted by molar-refractivity contribution is 5.90. The van der Waals surface area contributed by atoms with Crippen LogP contribution >= 0.6 is 0 Å². The average Bonchev–Trinajstić information content (AvgIpc) is 3.09. The van der Waals surface area contributed by atoms with Gasteiger partial charge in [0.1, 0.15) is 5.82 Å². The normalized spacial score (nSPS) is 35.9. The maximum atomic E-state index is 13.8. The van der Waals surface area contributed by atoms with Crippen LogP contribution in [0.1, 0.15) is 30.6 Å². The Morgan fingerprint density at radius 3 is 2.79 bits per heavy atom. The summed E-state index contributed by atoms with van der Waals surface area (Å²) >= 11 is 0. The number of carbonyl (C=O) groups is 1. The molecule has 24 heavy (non-hydrogen) atoms. The van der Waals surface area contributed by atoms with Crippen LogP contribution in [-0.2, 0) is 19.7 Å². The summed E-state index contributed by atoms with van der Waals surface area (Å²) in [4.78, 5) is 12.3. The second-order valence-corrected chi connectivity index (χ2v) is 7.03. The molecule has 0 aromatic heterocycles. The van der Waals surface area contributed by atoms with Crippen molar-refractivity contribution in [3.63, 3.8) is 0 Å². The number of halogens is 1. The molecule has 1 spiro atoms. The number of hydrogen-bond acceptors (Lipinski definition) is 3. The second-order valence-electron chi connectivity index (χ2n) is 7.03. The lowest BCUT2D eigenvalue weighted by Crippen LogP contribution is -2.40. The highest BCUT2D eigenvalue weighted by Crippen LogP contribution is 2.61. The molecule has 2 bridgehead atoms. The van der Waals surface area contributed by atoms with E-state index < -0.39 is 0 Å². The van der Waals surface area contributed by atoms with Gasteiger partial charge in [-0.3, -0.25) is 0 Å². The van der Waals surface area contributed by atoms with Gasteiger partial charge in [-0.05, 0) is 35.6 Å². The monoisotopic (exact) mass is 328 g/mol. The maximum Gasteiger partial charge on any atom is 0.334 e. The van der Waals surface area contributed by atoms with E-state index in [-0.39, 0.29) is 41.1 Å². The Balaban J connectivity index is 1.97. The molecule has 0 fully saturated rings. The summed E-state index contributed by atoms with van der Waals surface area (Å²) in [5.41, 5.74) is 2.32. The molecule has 0 saturated heterocycles. The molecule has 1 aromatic carbocycles. The van der Waals surface area contributed by atoms with Crippen molar-refractivity contribution < 1.29 is 18.7 Å². The summed E-state index contributed by atoms with van der Waals surface area (Å²) in [7, 11) is 3.08. The lowest BCUT2D eigenvalue weighted by Gasteiger charge is -2.42. The van der Waals surface area contributed by atoms with Gasteiger partial charge < -0.3 is 9.47 Å². The number of methoxy groups -OCH3 is 2. The summed E-state index contributed by atoms with van der Waals surface area (Å²) in [6.45, 7) is 2.13. The Hall–Kier alpha value is -1.94. The molecule has 1 aromatic rings. The Bertz CT molecular complexity index is 766. The largest absolute Gasteiger partial charge is 0.466 e. The van der Waals surface area contributed by atoms with Crippen molar-refractivity contribution in [1.29, 1.82) is 0 Å². The zero-order valence-corrected chi connectivity index (χ0v) is 14.1. The van der Waals surface area contributed by atoms with Gasteiger partial charge in [-0.25, -0.2) is 9.18 Å². The van der Waals surface area contributed by atoms with Crippen molar-refractivity contribution in [3.05, 3.63) is 58.9 Å². The van der Waals surface area contributed by atoms with Gasteiger partial charge in [0.05, 0.1) is 13.2 Å². The summed E-state index contributed by atoms with van der Waals surface area (Å²) in [5.74, 6) is -0.0253. The van der Waals surface area contributed by atoms with Crippen molar-refractivity contribution in [2.45, 2.75) is 24.9 Å². The van der Waals surface area contributed by atoms with Gasteiger partial charge in [0, 0.05) is 29.9 Å². The Morgan fingerprint density at radius 1 is 1.29 bits per heavy atom. The molecule has 5 atom stereocenters. The lowest BCUT2D eigenvalue weighted by atomic mass is 9.61. The molecule has 4 heteroatoms. The Morgan fingerprint density at radius 2 is 2.08 bits per heavy atom. The quantitative estimate of drug-likeness (QED) is 0.613. The third kappa shape index (κ3) is 1.83. The van der Waals surface area contributed by atoms with E-state index in [0.29, 0.717) is 5.57 Å². The molecule has 0 aliphatic heterocycles. The fourth-order valence-corrected chi connectivity index (χ4v) is 5.09. The van der Waals surface area contributed by atoms with Gasteiger partial charge in [-0.2, -0.15) is 0 Å². The van der Waals surface area contributed by atoms with Gasteiger partial charge in [-0.15, -0.1) is 0 Å². The van der Waals surface area contributed by atoms with Crippen molar-refractivity contribution in [3.8, 4) is 0 Å². The first-order valence-corrected chi connectivity index (χ1v) is 8.35. The molecular weight excluding hydrogens is 307 g/mol. The average molecular weight is 328 g/mol. The molecule has 126 valence electrons. The number of rotatable bonds is 2. The summed E-state index contributed by atoms with van der Waals surface area (Å²) in [5, 5.41) is 0. The number of esters is 1. The van der Waals surface area contributed by atoms with Crippen LogP contribution in [0.25, 0.3) is 0 Å². The van der Waals surface area contributed by atoms with Gasteiger partial charge in [0.25, 0.3) is 0 Å². The van der Waals surface area contributed by atoms with Crippen LogP contribution in [0.4, 0.5) is 4.39 Å². The number of allylic oxidation sites excluding steroid dienone is 3. The lowest BCUT2D eigenvalue weighted by molar-refractivity contribution is -0.136. The number of fused-ring (bicyclic) bond motifs is 5. The molecule has 3 aliphatic rings. The number of hydrogen-bond donors (Lipinski definition) is 0. The number of benzene rings is 1. The minimum absolute atomic E-state index is 0.104. The third-order valence-electron chi connectivity index (χ3n) is 6.16. The first-order chi connectivity index (χ1) is 11.5. The third-order valence-corrected chi connectivity index (χ3v) is 6.16. The maximum absolute atomic E-state index is 13.8. The van der Waals surface area contributed by atoms with Crippen molar-refractivity contribution in [1.82, 2.24) is 0 Å². The summed E-state index contributed by atoms with van der Waals surface area (Å²) < 4.78 is 24.6. The molecule has 0 unspecified atom stereocenters. The van der Waals surface area contributed by atoms with Crippen LogP contribution < -0.4 is 0 Å². The van der Waals surface area contributed by atoms with E-state index in [0.717, 1.165) is 17.5 Å². The van der Waals surface area contributed by atoms with E-state index in [2.05, 4.69) is 25.2 Å². The highest BCUT2D eigenvalue weighted by Gasteiger charge is 2.56. The fraction of sp³-hybridized carbons (Fsp3) is 0.450. The van der Waals surface area contributed by atoms with Crippen molar-refractivity contribution in [2.24, 2.45) is 17.8 Å². The molecule has 0 amide bonds. The predicted molar refractivity (Wildman–Crippen MR) is 87.8 cm³/mol. The SMILES string of the molecule is COC(=O)C1=C[C@@]2(c3ccc(F)cc3[C@@H](OC)[C@@H]2C)[C@@H]2C=C[C@H]1C2. The van der Waals surface area contributed by atoms with E-state index in [4.69, 9.17) is 9.47 Å². The Labute approximate surface area is 141 Å². The van der Waals surface area contributed by atoms with Crippen LogP contribution in [0.15, 0.2) is 42.0 Å². The van der Waals surface area contributed by atoms with Crippen molar-refractivity contribution >= 4 is 5.97 Å². The molecule has 0 radical (unpaired) electrons. The van der Waals surface area contributed by atoms with E-state index in [1.54, 1.807) is 13.2 Å². The van der Waals surface area contributed by atoms with Gasteiger partial charge in [0.15, 0.2) is 0 Å². The molecule has 4 rings (SSSR count). The second kappa shape index (κ2) is 5.28. The molecule has 0 saturated carbocycles. The van der Waals surface area contributed by atoms with E-state index >= 15 is 0 Å².